The van der Waals surface area contributed by atoms with Crippen LogP contribution in [0.4, 0.5) is 5.13 Å². The van der Waals surface area contributed by atoms with Crippen LogP contribution in [0.2, 0.25) is 5.02 Å². The van der Waals surface area contributed by atoms with E-state index < -0.39 is 40.8 Å². The van der Waals surface area contributed by atoms with Gasteiger partial charge in [-0.25, -0.2) is 9.97 Å². The van der Waals surface area contributed by atoms with Crippen LogP contribution in [0.1, 0.15) is 92.9 Å². The fourth-order valence-electron chi connectivity index (χ4n) is 9.22. The third kappa shape index (κ3) is 9.55. The zero-order valence-corrected chi connectivity index (χ0v) is 37.7. The Balaban J connectivity index is 1.21. The number of likely N-dealkylation sites (N-methyl/N-ethyl adjacent to an activating group) is 1. The van der Waals surface area contributed by atoms with Crippen molar-refractivity contribution in [2.75, 3.05) is 39.1 Å². The molecule has 0 spiro atoms. The van der Waals surface area contributed by atoms with Crippen molar-refractivity contribution in [3.8, 4) is 22.9 Å². The van der Waals surface area contributed by atoms with E-state index in [-0.39, 0.29) is 55.6 Å². The average molecular weight is 867 g/mol. The number of likely N-dealkylation sites (tertiary alicyclic amines) is 1. The van der Waals surface area contributed by atoms with E-state index in [2.05, 4.69) is 5.32 Å². The van der Waals surface area contributed by atoms with Crippen molar-refractivity contribution in [3.63, 3.8) is 0 Å². The third-order valence-corrected chi connectivity index (χ3v) is 14.0. The molecule has 3 aliphatic carbocycles. The number of nitrogens with one attached hydrogen (secondary N) is 1. The molecule has 3 saturated carbocycles. The monoisotopic (exact) mass is 865 g/mol. The number of hydrogen-bond donors (Lipinski definition) is 2. The molecule has 3 heterocycles. The molecule has 60 heavy (non-hydrogen) atoms. The van der Waals surface area contributed by atoms with E-state index in [1.807, 2.05) is 72.0 Å². The predicted octanol–water partition coefficient (Wildman–Crippen LogP) is 7.97. The van der Waals surface area contributed by atoms with Crippen LogP contribution in [-0.2, 0) is 23.9 Å². The highest BCUT2D eigenvalue weighted by Gasteiger charge is 2.61. The first-order chi connectivity index (χ1) is 28.4. The number of ether oxygens (including phenoxy) is 3. The van der Waals surface area contributed by atoms with Crippen molar-refractivity contribution in [2.45, 2.75) is 117 Å². The summed E-state index contributed by atoms with van der Waals surface area (Å²) in [6, 6.07) is 4.65. The minimum atomic E-state index is -1.15. The molecule has 1 unspecified atom stereocenters. The highest BCUT2D eigenvalue weighted by molar-refractivity contribution is 7.14. The van der Waals surface area contributed by atoms with Crippen LogP contribution in [0.15, 0.2) is 23.6 Å². The maximum atomic E-state index is 14.8. The number of Topliss-reactive ketones (excluding diaryl/α,β-unsaturated/α-hetero) is 1. The third-order valence-electron chi connectivity index (χ3n) is 12.9. The summed E-state index contributed by atoms with van der Waals surface area (Å²) < 4.78 is 18.8. The predicted molar refractivity (Wildman–Crippen MR) is 232 cm³/mol. The number of amides is 1. The van der Waals surface area contributed by atoms with Gasteiger partial charge in [0.05, 0.1) is 41.6 Å². The summed E-state index contributed by atoms with van der Waals surface area (Å²) in [5.41, 5.74) is -0.215. The number of carbonyl (C=O) groups excluding carboxylic acids is 3. The molecular formula is C45H60ClN5O8S. The summed E-state index contributed by atoms with van der Waals surface area (Å²) in [5, 5.41) is 17.2. The zero-order chi connectivity index (χ0) is 43.3. The summed E-state index contributed by atoms with van der Waals surface area (Å²) in [4.78, 5) is 68.6. The van der Waals surface area contributed by atoms with Gasteiger partial charge in [-0.1, -0.05) is 45.7 Å². The lowest BCUT2D eigenvalue weighted by Gasteiger charge is -2.35. The molecule has 0 bridgehead atoms. The van der Waals surface area contributed by atoms with Gasteiger partial charge < -0.3 is 34.4 Å². The molecule has 2 aromatic heterocycles. The smallest absolute Gasteiger partial charge is 0.310 e. The van der Waals surface area contributed by atoms with Gasteiger partial charge in [0, 0.05) is 42.3 Å². The van der Waals surface area contributed by atoms with Gasteiger partial charge in [-0.05, 0) is 88.9 Å². The normalized spacial score (nSPS) is 26.3. The quantitative estimate of drug-likeness (QED) is 0.119. The number of ketones is 1. The van der Waals surface area contributed by atoms with Gasteiger partial charge in [-0.15, -0.1) is 11.3 Å². The lowest BCUT2D eigenvalue weighted by molar-refractivity contribution is -0.157. The van der Waals surface area contributed by atoms with Crippen LogP contribution in [-0.4, -0.2) is 107 Å². The Labute approximate surface area is 361 Å². The molecule has 1 aromatic carbocycles. The van der Waals surface area contributed by atoms with Crippen LogP contribution >= 0.6 is 22.9 Å². The van der Waals surface area contributed by atoms with Crippen LogP contribution in [0.3, 0.4) is 0 Å². The number of aliphatic carboxylic acids is 1. The number of thiazole rings is 1. The van der Waals surface area contributed by atoms with E-state index in [0.29, 0.717) is 76.6 Å². The number of pyridine rings is 1. The first-order valence-electron chi connectivity index (χ1n) is 21.4. The molecular weight excluding hydrogens is 806 g/mol. The fraction of sp³-hybridized carbons (Fsp3) is 0.644. The van der Waals surface area contributed by atoms with Crippen molar-refractivity contribution in [1.82, 2.24) is 19.8 Å². The second-order valence-electron chi connectivity index (χ2n) is 19.1. The van der Waals surface area contributed by atoms with Crippen molar-refractivity contribution in [2.24, 2.45) is 34.5 Å². The molecule has 326 valence electrons. The molecule has 1 aliphatic heterocycles. The van der Waals surface area contributed by atoms with Gasteiger partial charge >= 0.3 is 11.9 Å². The molecule has 1 saturated heterocycles. The Morgan fingerprint density at radius 1 is 1.05 bits per heavy atom. The number of esters is 1. The second kappa shape index (κ2) is 17.4. The topological polar surface area (TPSA) is 160 Å². The zero-order valence-electron chi connectivity index (χ0n) is 36.1. The number of halogens is 1. The number of hydrogen-bond acceptors (Lipinski definition) is 12. The number of fused-ring (bicyclic) bond motifs is 2. The summed E-state index contributed by atoms with van der Waals surface area (Å²) in [6.07, 6.45) is 3.06. The average Bonchev–Trinajstić information content (AvgIpc) is 3.84. The van der Waals surface area contributed by atoms with Gasteiger partial charge in [0.15, 0.2) is 10.9 Å². The van der Waals surface area contributed by atoms with E-state index in [0.717, 1.165) is 18.0 Å². The van der Waals surface area contributed by atoms with Crippen molar-refractivity contribution < 1.29 is 38.5 Å². The minimum Gasteiger partial charge on any atom is -0.491 e. The summed E-state index contributed by atoms with van der Waals surface area (Å²) in [6.45, 7) is 12.9. The van der Waals surface area contributed by atoms with E-state index in [9.17, 15) is 24.3 Å². The van der Waals surface area contributed by atoms with E-state index in [4.69, 9.17) is 35.8 Å². The number of rotatable bonds is 18. The first kappa shape index (κ1) is 44.1. The Kier molecular flexibility index (Phi) is 12.8. The van der Waals surface area contributed by atoms with Crippen LogP contribution in [0.5, 0.6) is 11.5 Å². The second-order valence-corrected chi connectivity index (χ2v) is 20.4. The number of carbonyl (C=O) groups is 4. The Hall–Kier alpha value is -4.01. The molecule has 13 nitrogen and oxygen atoms in total. The van der Waals surface area contributed by atoms with Crippen LogP contribution in [0.25, 0.3) is 22.3 Å². The van der Waals surface area contributed by atoms with E-state index >= 15 is 0 Å². The molecule has 15 heteroatoms. The number of benzene rings is 1. The SMILES string of the molecule is CC[C@@H]1C[C@]1(CC(=O)[C@@H]1C[C@@H](Oc2cc(-c3csc(NC(C)C)n3)nc3c(Cl)c(OCCN(C)C)ccc23)CN1C(=O)[C@@H](CC(=O)OC1C[C@@H]2C[C@@H]2C1)C(C)(C)C)C(=O)O. The van der Waals surface area contributed by atoms with Gasteiger partial charge in [0.2, 0.25) is 5.91 Å². The van der Waals surface area contributed by atoms with Gasteiger partial charge in [-0.2, -0.15) is 0 Å². The van der Waals surface area contributed by atoms with Crippen LogP contribution in [0, 0.1) is 34.5 Å². The Morgan fingerprint density at radius 3 is 2.42 bits per heavy atom. The summed E-state index contributed by atoms with van der Waals surface area (Å²) >= 11 is 8.49. The van der Waals surface area contributed by atoms with E-state index in [1.54, 1.807) is 12.1 Å². The lowest BCUT2D eigenvalue weighted by Crippen LogP contribution is -2.48. The molecule has 3 aromatic rings. The molecule has 7 rings (SSSR count). The first-order valence-corrected chi connectivity index (χ1v) is 22.7. The minimum absolute atomic E-state index is 0.0535. The molecule has 4 aliphatic rings. The number of carboxylic acid groups (broad SMARTS) is 1. The molecule has 2 N–H and O–H groups in total. The van der Waals surface area contributed by atoms with Crippen molar-refractivity contribution in [3.05, 3.63) is 28.6 Å². The van der Waals surface area contributed by atoms with Gasteiger partial charge in [0.1, 0.15) is 41.0 Å². The summed E-state index contributed by atoms with van der Waals surface area (Å²) in [5.74, 6) is -0.777. The Bertz CT molecular complexity index is 2110. The van der Waals surface area contributed by atoms with Gasteiger partial charge in [0.25, 0.3) is 0 Å². The molecule has 4 fully saturated rings. The van der Waals surface area contributed by atoms with Crippen LogP contribution < -0.4 is 14.8 Å². The standard InChI is InChI=1S/C45H60ClN5O8S/c1-9-27-20-45(27,42(55)56)21-35(52)34-17-29(22-51(34)41(54)31(44(4,5)6)18-38(53)59-28-15-25-14-26(25)16-28)58-37-19-32(33-23-60-43(49-33)47-24(2)3)48-40-30(37)10-11-36(39(40)46)57-13-12-50(7)8/h10-11,19,23-29,31,34H,9,12-18,20-22H2,1-8H3,(H,47,49)(H,55,56)/t25-,26+,27-,28?,29-,31-,34+,45-/m1/s1. The molecule has 1 amide bonds. The number of aromatic nitrogens is 2. The van der Waals surface area contributed by atoms with Gasteiger partial charge in [-0.3, -0.25) is 19.2 Å². The van der Waals surface area contributed by atoms with Crippen molar-refractivity contribution in [1.29, 1.82) is 0 Å². The highest BCUT2D eigenvalue weighted by Crippen LogP contribution is 2.58. The number of carboxylic acids is 1. The summed E-state index contributed by atoms with van der Waals surface area (Å²) in [7, 11) is 3.92. The number of nitrogens with zero attached hydrogens (tertiary/aromatic N) is 4. The largest absolute Gasteiger partial charge is 0.491 e. The Morgan fingerprint density at radius 2 is 1.78 bits per heavy atom. The van der Waals surface area contributed by atoms with E-state index in [1.165, 1.54) is 22.7 Å². The lowest BCUT2D eigenvalue weighted by atomic mass is 9.77. The maximum absolute atomic E-state index is 14.8. The van der Waals surface area contributed by atoms with Crippen molar-refractivity contribution >= 4 is 62.6 Å². The fourth-order valence-corrected chi connectivity index (χ4v) is 10.3. The molecule has 8 atom stereocenters. The maximum Gasteiger partial charge on any atom is 0.310 e. The number of anilines is 1. The molecule has 0 radical (unpaired) electrons. The highest BCUT2D eigenvalue weighted by atomic mass is 35.5.